The topological polar surface area (TPSA) is 66.2 Å². The summed E-state index contributed by atoms with van der Waals surface area (Å²) in [5, 5.41) is 9.09. The Morgan fingerprint density at radius 1 is 1.60 bits per heavy atom. The zero-order chi connectivity index (χ0) is 14.5. The van der Waals surface area contributed by atoms with Gasteiger partial charge in [0, 0.05) is 32.1 Å². The molecule has 0 bridgehead atoms. The number of amides is 1. The molecule has 1 aromatic heterocycles. The molecule has 1 aliphatic heterocycles. The highest BCUT2D eigenvalue weighted by atomic mass is 16.5. The summed E-state index contributed by atoms with van der Waals surface area (Å²) >= 11 is 0. The van der Waals surface area contributed by atoms with E-state index in [2.05, 4.69) is 18.8 Å². The standard InChI is InChI=1S/C15H19N3O2/c1-11(2)14-10-18(6-3-7-20-14)15(19)13-9-17-5-4-12(13)8-16/h4-5,9,11,14H,3,6-7,10H2,1-2H3. The molecule has 0 saturated carbocycles. The van der Waals surface area contributed by atoms with E-state index in [0.29, 0.717) is 36.7 Å². The molecule has 1 saturated heterocycles. The van der Waals surface area contributed by atoms with E-state index in [1.165, 1.54) is 12.4 Å². The van der Waals surface area contributed by atoms with Crippen LogP contribution >= 0.6 is 0 Å². The third-order valence-corrected chi connectivity index (χ3v) is 3.51. The second kappa shape index (κ2) is 6.49. The van der Waals surface area contributed by atoms with Gasteiger partial charge in [0.25, 0.3) is 5.91 Å². The van der Waals surface area contributed by atoms with Crippen LogP contribution in [0.2, 0.25) is 0 Å². The smallest absolute Gasteiger partial charge is 0.256 e. The molecule has 1 amide bonds. The highest BCUT2D eigenvalue weighted by Gasteiger charge is 2.26. The van der Waals surface area contributed by atoms with Gasteiger partial charge < -0.3 is 9.64 Å². The van der Waals surface area contributed by atoms with Gasteiger partial charge in [0.05, 0.1) is 17.2 Å². The predicted octanol–water partition coefficient (Wildman–Crippen LogP) is 1.84. The molecule has 0 aromatic carbocycles. The van der Waals surface area contributed by atoms with Crippen LogP contribution < -0.4 is 0 Å². The first-order valence-corrected chi connectivity index (χ1v) is 6.88. The Kier molecular flexibility index (Phi) is 4.70. The van der Waals surface area contributed by atoms with Gasteiger partial charge in [-0.2, -0.15) is 5.26 Å². The minimum Gasteiger partial charge on any atom is -0.376 e. The monoisotopic (exact) mass is 273 g/mol. The summed E-state index contributed by atoms with van der Waals surface area (Å²) in [7, 11) is 0. The second-order valence-corrected chi connectivity index (χ2v) is 5.29. The lowest BCUT2D eigenvalue weighted by Gasteiger charge is -2.26. The van der Waals surface area contributed by atoms with Crippen LogP contribution in [-0.2, 0) is 4.74 Å². The van der Waals surface area contributed by atoms with E-state index < -0.39 is 0 Å². The van der Waals surface area contributed by atoms with Gasteiger partial charge in [0.2, 0.25) is 0 Å². The lowest BCUT2D eigenvalue weighted by Crippen LogP contribution is -2.39. The van der Waals surface area contributed by atoms with E-state index in [1.54, 1.807) is 11.0 Å². The van der Waals surface area contributed by atoms with E-state index in [1.807, 2.05) is 6.07 Å². The van der Waals surface area contributed by atoms with Crippen LogP contribution in [0.25, 0.3) is 0 Å². The number of nitrogens with zero attached hydrogens (tertiary/aromatic N) is 3. The maximum absolute atomic E-state index is 12.6. The molecule has 5 heteroatoms. The highest BCUT2D eigenvalue weighted by Crippen LogP contribution is 2.17. The molecule has 1 fully saturated rings. The van der Waals surface area contributed by atoms with E-state index >= 15 is 0 Å². The van der Waals surface area contributed by atoms with Gasteiger partial charge in [-0.05, 0) is 18.4 Å². The average Bonchev–Trinajstić information content (AvgIpc) is 2.72. The van der Waals surface area contributed by atoms with Gasteiger partial charge >= 0.3 is 0 Å². The maximum atomic E-state index is 12.6. The van der Waals surface area contributed by atoms with Crippen LogP contribution in [-0.4, -0.2) is 41.6 Å². The number of rotatable bonds is 2. The third-order valence-electron chi connectivity index (χ3n) is 3.51. The van der Waals surface area contributed by atoms with Crippen molar-refractivity contribution in [1.29, 1.82) is 5.26 Å². The predicted molar refractivity (Wildman–Crippen MR) is 74.1 cm³/mol. The summed E-state index contributed by atoms with van der Waals surface area (Å²) in [5.41, 5.74) is 0.746. The zero-order valence-corrected chi connectivity index (χ0v) is 11.9. The van der Waals surface area contributed by atoms with Gasteiger partial charge in [-0.25, -0.2) is 0 Å². The van der Waals surface area contributed by atoms with Crippen LogP contribution in [0, 0.1) is 17.2 Å². The van der Waals surface area contributed by atoms with E-state index in [0.717, 1.165) is 6.42 Å². The molecule has 5 nitrogen and oxygen atoms in total. The van der Waals surface area contributed by atoms with E-state index in [9.17, 15) is 4.79 Å². The van der Waals surface area contributed by atoms with Crippen LogP contribution in [0.3, 0.4) is 0 Å². The molecule has 0 N–H and O–H groups in total. The molecule has 1 aliphatic rings. The van der Waals surface area contributed by atoms with Crippen molar-refractivity contribution in [3.8, 4) is 6.07 Å². The van der Waals surface area contributed by atoms with E-state index in [4.69, 9.17) is 10.00 Å². The summed E-state index contributed by atoms with van der Waals surface area (Å²) < 4.78 is 5.76. The highest BCUT2D eigenvalue weighted by molar-refractivity contribution is 5.96. The first-order chi connectivity index (χ1) is 9.63. The van der Waals surface area contributed by atoms with Crippen molar-refractivity contribution >= 4 is 5.91 Å². The van der Waals surface area contributed by atoms with Crippen molar-refractivity contribution < 1.29 is 9.53 Å². The first kappa shape index (κ1) is 14.5. The van der Waals surface area contributed by atoms with Gasteiger partial charge in [-0.15, -0.1) is 0 Å². The fourth-order valence-electron chi connectivity index (χ4n) is 2.27. The Bertz CT molecular complexity index is 522. The van der Waals surface area contributed by atoms with Gasteiger partial charge in [-0.1, -0.05) is 13.8 Å². The minimum atomic E-state index is -0.134. The molecule has 2 rings (SSSR count). The van der Waals surface area contributed by atoms with Gasteiger partial charge in [0.1, 0.15) is 6.07 Å². The summed E-state index contributed by atoms with van der Waals surface area (Å²) in [6.45, 7) is 6.07. The lowest BCUT2D eigenvalue weighted by molar-refractivity contribution is 0.0222. The number of carbonyl (C=O) groups excluding carboxylic acids is 1. The maximum Gasteiger partial charge on any atom is 0.256 e. The van der Waals surface area contributed by atoms with Crippen molar-refractivity contribution in [2.75, 3.05) is 19.7 Å². The normalized spacial score (nSPS) is 19.5. The van der Waals surface area contributed by atoms with Crippen molar-refractivity contribution in [2.45, 2.75) is 26.4 Å². The molecule has 1 atom stereocenters. The quantitative estimate of drug-likeness (QED) is 0.824. The van der Waals surface area contributed by atoms with Crippen LogP contribution in [0.1, 0.15) is 36.2 Å². The van der Waals surface area contributed by atoms with Crippen molar-refractivity contribution in [3.63, 3.8) is 0 Å². The number of hydrogen-bond acceptors (Lipinski definition) is 4. The first-order valence-electron chi connectivity index (χ1n) is 6.88. The fourth-order valence-corrected chi connectivity index (χ4v) is 2.27. The fraction of sp³-hybridized carbons (Fsp3) is 0.533. The zero-order valence-electron chi connectivity index (χ0n) is 11.9. The van der Waals surface area contributed by atoms with Crippen molar-refractivity contribution in [1.82, 2.24) is 9.88 Å². The van der Waals surface area contributed by atoms with Crippen LogP contribution in [0.5, 0.6) is 0 Å². The Balaban J connectivity index is 2.21. The van der Waals surface area contributed by atoms with Crippen LogP contribution in [0.15, 0.2) is 18.5 Å². The number of carbonyl (C=O) groups is 1. The number of pyridine rings is 1. The van der Waals surface area contributed by atoms with Gasteiger partial charge in [0.15, 0.2) is 0 Å². The number of aromatic nitrogens is 1. The molecular formula is C15H19N3O2. The summed E-state index contributed by atoms with van der Waals surface area (Å²) in [5.74, 6) is 0.221. The van der Waals surface area contributed by atoms with Crippen molar-refractivity contribution in [2.24, 2.45) is 5.92 Å². The summed E-state index contributed by atoms with van der Waals surface area (Å²) in [6.07, 6.45) is 3.86. The Morgan fingerprint density at radius 2 is 2.40 bits per heavy atom. The van der Waals surface area contributed by atoms with Crippen LogP contribution in [0.4, 0.5) is 0 Å². The summed E-state index contributed by atoms with van der Waals surface area (Å²) in [6, 6.07) is 3.62. The van der Waals surface area contributed by atoms with Crippen molar-refractivity contribution in [3.05, 3.63) is 29.6 Å². The lowest BCUT2D eigenvalue weighted by atomic mass is 10.1. The second-order valence-electron chi connectivity index (χ2n) is 5.29. The Morgan fingerprint density at radius 3 is 3.10 bits per heavy atom. The molecule has 1 unspecified atom stereocenters. The molecule has 0 radical (unpaired) electrons. The summed E-state index contributed by atoms with van der Waals surface area (Å²) in [4.78, 5) is 18.3. The van der Waals surface area contributed by atoms with E-state index in [-0.39, 0.29) is 12.0 Å². The number of hydrogen-bond donors (Lipinski definition) is 0. The SMILES string of the molecule is CC(C)C1CN(C(=O)c2cnccc2C#N)CCCO1. The van der Waals surface area contributed by atoms with Gasteiger partial charge in [-0.3, -0.25) is 9.78 Å². The largest absolute Gasteiger partial charge is 0.376 e. The molecule has 1 aromatic rings. The molecular weight excluding hydrogens is 254 g/mol. The molecule has 106 valence electrons. The Labute approximate surface area is 119 Å². The third kappa shape index (κ3) is 3.14. The minimum absolute atomic E-state index is 0.0451. The number of nitriles is 1. The number of ether oxygens (including phenoxy) is 1. The molecule has 2 heterocycles. The average molecular weight is 273 g/mol. The Hall–Kier alpha value is -1.93. The molecule has 0 spiro atoms. The molecule has 0 aliphatic carbocycles. The molecule has 20 heavy (non-hydrogen) atoms.